The van der Waals surface area contributed by atoms with E-state index in [1.807, 2.05) is 0 Å². The van der Waals surface area contributed by atoms with Crippen LogP contribution in [0.1, 0.15) is 17.3 Å². The van der Waals surface area contributed by atoms with Crippen LogP contribution in [0, 0.1) is 0 Å². The lowest BCUT2D eigenvalue weighted by atomic mass is 9.97. The highest BCUT2D eigenvalue weighted by molar-refractivity contribution is 6.51. The van der Waals surface area contributed by atoms with Crippen LogP contribution in [0.2, 0.25) is 5.02 Å². The predicted octanol–water partition coefficient (Wildman–Crippen LogP) is 4.39. The molecule has 174 valence electrons. The molecule has 1 aliphatic rings. The normalized spacial score (nSPS) is 17.1. The molecule has 1 saturated heterocycles. The summed E-state index contributed by atoms with van der Waals surface area (Å²) in [7, 11) is 4.38. The summed E-state index contributed by atoms with van der Waals surface area (Å²) < 4.78 is 15.8. The van der Waals surface area contributed by atoms with Gasteiger partial charge in [0.15, 0.2) is 0 Å². The van der Waals surface area contributed by atoms with Gasteiger partial charge in [0.05, 0.1) is 43.2 Å². The molecule has 2 heterocycles. The summed E-state index contributed by atoms with van der Waals surface area (Å²) in [5, 5.41) is 11.5. The monoisotopic (exact) mass is 480 g/mol. The number of carbonyl (C=O) groups excluding carboxylic acids is 2. The highest BCUT2D eigenvalue weighted by Gasteiger charge is 2.48. The van der Waals surface area contributed by atoms with E-state index in [4.69, 9.17) is 25.8 Å². The van der Waals surface area contributed by atoms with Crippen molar-refractivity contribution in [2.45, 2.75) is 6.04 Å². The minimum Gasteiger partial charge on any atom is -0.507 e. The largest absolute Gasteiger partial charge is 0.507 e. The van der Waals surface area contributed by atoms with Crippen LogP contribution in [0.3, 0.4) is 0 Å². The van der Waals surface area contributed by atoms with E-state index in [-0.39, 0.29) is 21.9 Å². The number of pyridine rings is 1. The minimum absolute atomic E-state index is 0.140. The van der Waals surface area contributed by atoms with Gasteiger partial charge in [0.25, 0.3) is 11.7 Å². The fourth-order valence-corrected chi connectivity index (χ4v) is 4.09. The number of amides is 1. The maximum Gasteiger partial charge on any atom is 0.300 e. The lowest BCUT2D eigenvalue weighted by Gasteiger charge is -2.25. The van der Waals surface area contributed by atoms with E-state index in [1.54, 1.807) is 48.7 Å². The van der Waals surface area contributed by atoms with Crippen molar-refractivity contribution in [3.05, 3.63) is 82.6 Å². The molecule has 2 aromatic carbocycles. The maximum atomic E-state index is 13.3. The molecule has 9 heteroatoms. The lowest BCUT2D eigenvalue weighted by Crippen LogP contribution is -2.29. The van der Waals surface area contributed by atoms with Gasteiger partial charge in [0, 0.05) is 18.0 Å². The number of nitrogens with zero attached hydrogens (tertiary/aromatic N) is 2. The van der Waals surface area contributed by atoms with E-state index >= 15 is 0 Å². The molecule has 0 spiro atoms. The summed E-state index contributed by atoms with van der Waals surface area (Å²) in [5.74, 6) is -0.971. The molecule has 0 saturated carbocycles. The van der Waals surface area contributed by atoms with Crippen molar-refractivity contribution in [2.75, 3.05) is 26.2 Å². The molecular weight excluding hydrogens is 460 g/mol. The van der Waals surface area contributed by atoms with Gasteiger partial charge in [0.2, 0.25) is 0 Å². The molecule has 1 fully saturated rings. The summed E-state index contributed by atoms with van der Waals surface area (Å²) in [5.41, 5.74) is 0.844. The number of aliphatic hydroxyl groups is 1. The van der Waals surface area contributed by atoms with Crippen molar-refractivity contribution in [1.82, 2.24) is 4.98 Å². The van der Waals surface area contributed by atoms with Crippen LogP contribution < -0.4 is 19.1 Å². The molecule has 1 unspecified atom stereocenters. The van der Waals surface area contributed by atoms with Crippen LogP contribution in [-0.2, 0) is 9.59 Å². The Kier molecular flexibility index (Phi) is 6.43. The highest BCUT2D eigenvalue weighted by atomic mass is 35.5. The number of hydrogen-bond acceptors (Lipinski definition) is 7. The number of benzene rings is 2. The van der Waals surface area contributed by atoms with Crippen LogP contribution in [0.4, 0.5) is 5.69 Å². The van der Waals surface area contributed by atoms with Gasteiger partial charge >= 0.3 is 0 Å². The number of Topliss-reactive ketones (excluding diaryl/α,β-unsaturated/α-hetero) is 1. The van der Waals surface area contributed by atoms with E-state index in [1.165, 1.54) is 38.4 Å². The highest BCUT2D eigenvalue weighted by Crippen LogP contribution is 2.44. The van der Waals surface area contributed by atoms with Gasteiger partial charge in [-0.15, -0.1) is 0 Å². The van der Waals surface area contributed by atoms with Gasteiger partial charge < -0.3 is 19.3 Å². The zero-order chi connectivity index (χ0) is 24.4. The van der Waals surface area contributed by atoms with E-state index in [0.717, 1.165) is 0 Å². The van der Waals surface area contributed by atoms with E-state index in [0.29, 0.717) is 22.9 Å². The summed E-state index contributed by atoms with van der Waals surface area (Å²) >= 11 is 6.28. The van der Waals surface area contributed by atoms with Gasteiger partial charge in [-0.1, -0.05) is 17.7 Å². The summed E-state index contributed by atoms with van der Waals surface area (Å²) in [6.07, 6.45) is 1.55. The number of ether oxygens (including phenoxy) is 3. The quantitative estimate of drug-likeness (QED) is 0.317. The predicted molar refractivity (Wildman–Crippen MR) is 127 cm³/mol. The Labute approximate surface area is 201 Å². The maximum absolute atomic E-state index is 13.3. The number of hydrogen-bond donors (Lipinski definition) is 1. The number of methoxy groups -OCH3 is 3. The number of carbonyl (C=O) groups is 2. The Bertz CT molecular complexity index is 1270. The van der Waals surface area contributed by atoms with Crippen molar-refractivity contribution in [2.24, 2.45) is 0 Å². The Morgan fingerprint density at radius 2 is 1.68 bits per heavy atom. The molecule has 1 aromatic heterocycles. The lowest BCUT2D eigenvalue weighted by molar-refractivity contribution is -0.132. The third kappa shape index (κ3) is 3.92. The Morgan fingerprint density at radius 1 is 0.971 bits per heavy atom. The molecule has 34 heavy (non-hydrogen) atoms. The van der Waals surface area contributed by atoms with Crippen molar-refractivity contribution in [3.63, 3.8) is 0 Å². The summed E-state index contributed by atoms with van der Waals surface area (Å²) in [6.45, 7) is 0. The number of aromatic nitrogens is 1. The van der Waals surface area contributed by atoms with Crippen LogP contribution in [0.25, 0.3) is 5.76 Å². The van der Waals surface area contributed by atoms with Gasteiger partial charge in [-0.3, -0.25) is 19.5 Å². The first-order valence-electron chi connectivity index (χ1n) is 10.2. The number of aliphatic hydroxyl groups excluding tert-OH is 1. The zero-order valence-electron chi connectivity index (χ0n) is 18.6. The first-order valence-corrected chi connectivity index (χ1v) is 10.6. The second-order valence-electron chi connectivity index (χ2n) is 7.31. The molecule has 1 atom stereocenters. The second kappa shape index (κ2) is 9.44. The molecule has 1 aliphatic heterocycles. The number of ketones is 1. The third-order valence-corrected chi connectivity index (χ3v) is 5.79. The fourth-order valence-electron chi connectivity index (χ4n) is 3.85. The smallest absolute Gasteiger partial charge is 0.300 e. The van der Waals surface area contributed by atoms with Crippen LogP contribution in [-0.4, -0.2) is 43.1 Å². The topological polar surface area (TPSA) is 98.2 Å². The molecule has 0 bridgehead atoms. The Hall–Kier alpha value is -4.04. The number of rotatable bonds is 6. The van der Waals surface area contributed by atoms with E-state index in [2.05, 4.69) is 4.98 Å². The Balaban J connectivity index is 1.95. The van der Waals surface area contributed by atoms with Crippen LogP contribution >= 0.6 is 11.6 Å². The molecule has 8 nitrogen and oxygen atoms in total. The first-order chi connectivity index (χ1) is 16.4. The van der Waals surface area contributed by atoms with Crippen molar-refractivity contribution >= 4 is 34.7 Å². The number of halogens is 1. The van der Waals surface area contributed by atoms with Crippen LogP contribution in [0.5, 0.6) is 17.2 Å². The fraction of sp³-hybridized carbons (Fsp3) is 0.160. The first kappa shape index (κ1) is 23.1. The molecule has 1 N–H and O–H groups in total. The second-order valence-corrected chi connectivity index (χ2v) is 7.72. The van der Waals surface area contributed by atoms with Crippen molar-refractivity contribution in [1.29, 1.82) is 0 Å². The van der Waals surface area contributed by atoms with Gasteiger partial charge in [-0.05, 0) is 42.5 Å². The molecule has 3 aromatic rings. The number of anilines is 1. The molecular formula is C25H21ClN2O6. The minimum atomic E-state index is -0.986. The Morgan fingerprint density at radius 3 is 2.26 bits per heavy atom. The third-order valence-electron chi connectivity index (χ3n) is 5.49. The standard InChI is InChI=1S/C25H21ClN2O6/c1-32-15-9-7-14(8-10-15)28-22(18-6-4-5-11-27-18)21(24(30)25(28)31)23(29)16-12-17(26)20(34-3)13-19(16)33-2/h4-13,22,29H,1-3H3/b23-21+. The van der Waals surface area contributed by atoms with Gasteiger partial charge in [-0.2, -0.15) is 0 Å². The summed E-state index contributed by atoms with van der Waals surface area (Å²) in [6, 6.07) is 13.7. The van der Waals surface area contributed by atoms with Crippen LogP contribution in [0.15, 0.2) is 66.4 Å². The zero-order valence-corrected chi connectivity index (χ0v) is 19.4. The van der Waals surface area contributed by atoms with Gasteiger partial charge in [0.1, 0.15) is 29.0 Å². The van der Waals surface area contributed by atoms with E-state index in [9.17, 15) is 14.7 Å². The molecule has 1 amide bonds. The average molecular weight is 481 g/mol. The van der Waals surface area contributed by atoms with E-state index < -0.39 is 23.5 Å². The molecule has 4 rings (SSSR count). The van der Waals surface area contributed by atoms with Crippen molar-refractivity contribution < 1.29 is 28.9 Å². The SMILES string of the molecule is COc1ccc(N2C(=O)C(=O)/C(=C(/O)c3cc(Cl)c(OC)cc3OC)C2c2ccccn2)cc1. The average Bonchev–Trinajstić information content (AvgIpc) is 3.14. The molecule has 0 aliphatic carbocycles. The van der Waals surface area contributed by atoms with Gasteiger partial charge in [-0.25, -0.2) is 0 Å². The van der Waals surface area contributed by atoms with Crippen molar-refractivity contribution in [3.8, 4) is 17.2 Å². The summed E-state index contributed by atoms with van der Waals surface area (Å²) in [4.78, 5) is 32.1. The molecule has 0 radical (unpaired) electrons.